The summed E-state index contributed by atoms with van der Waals surface area (Å²) < 4.78 is 43.1. The molecule has 2 aromatic rings. The number of pyridine rings is 1. The largest absolute Gasteiger partial charge is 0.487 e. The molecule has 12 heteroatoms. The summed E-state index contributed by atoms with van der Waals surface area (Å²) >= 11 is 9.71. The number of aromatic nitrogens is 1. The van der Waals surface area contributed by atoms with E-state index in [2.05, 4.69) is 15.0 Å². The van der Waals surface area contributed by atoms with Crippen molar-refractivity contribution >= 4 is 46.2 Å². The zero-order valence-corrected chi connectivity index (χ0v) is 16.8. The minimum atomic E-state index is -3.84. The van der Waals surface area contributed by atoms with Crippen molar-refractivity contribution in [3.63, 3.8) is 0 Å². The molecule has 1 aromatic heterocycles. The molecular weight excluding hydrogens is 445 g/mol. The number of benzene rings is 1. The van der Waals surface area contributed by atoms with Gasteiger partial charge in [0.1, 0.15) is 28.8 Å². The van der Waals surface area contributed by atoms with Crippen LogP contribution in [0.25, 0.3) is 0 Å². The van der Waals surface area contributed by atoms with Gasteiger partial charge < -0.3 is 25.8 Å². The third kappa shape index (κ3) is 5.29. The van der Waals surface area contributed by atoms with E-state index in [0.29, 0.717) is 5.69 Å². The average molecular weight is 461 g/mol. The highest BCUT2D eigenvalue weighted by Crippen LogP contribution is 2.27. The van der Waals surface area contributed by atoms with Gasteiger partial charge in [0.2, 0.25) is 0 Å². The minimum absolute atomic E-state index is 0.0189. The highest BCUT2D eigenvalue weighted by atomic mass is 35.5. The predicted octanol–water partition coefficient (Wildman–Crippen LogP) is 2.66. The number of amides is 1. The van der Waals surface area contributed by atoms with E-state index in [4.69, 9.17) is 29.6 Å². The van der Waals surface area contributed by atoms with E-state index < -0.39 is 23.8 Å². The van der Waals surface area contributed by atoms with Gasteiger partial charge in [-0.3, -0.25) is 4.79 Å². The summed E-state index contributed by atoms with van der Waals surface area (Å²) in [5, 5.41) is 12.2. The Morgan fingerprint density at radius 1 is 1.37 bits per heavy atom. The molecule has 2 atom stereocenters. The molecule has 1 aromatic carbocycles. The number of nitrogens with two attached hydrogens (primary N) is 1. The van der Waals surface area contributed by atoms with Gasteiger partial charge in [0.05, 0.1) is 17.7 Å². The fraction of sp³-hybridized carbons (Fsp3) is 0.278. The first-order valence-corrected chi connectivity index (χ1v) is 9.36. The molecule has 0 saturated carbocycles. The number of aliphatic hydroxyl groups is 1. The molecule has 2 heterocycles. The number of nitrogens with zero attached hydrogens (tertiary/aromatic N) is 2. The first kappa shape index (κ1) is 22.1. The lowest BCUT2D eigenvalue weighted by atomic mass is 10.1. The van der Waals surface area contributed by atoms with Gasteiger partial charge in [-0.25, -0.2) is 9.37 Å². The van der Waals surface area contributed by atoms with Crippen molar-refractivity contribution in [2.75, 3.05) is 23.3 Å². The summed E-state index contributed by atoms with van der Waals surface area (Å²) in [6, 6.07) is 6.52. The zero-order valence-electron chi connectivity index (χ0n) is 15.2. The molecule has 1 fully saturated rings. The lowest BCUT2D eigenvalue weighted by Gasteiger charge is -2.20. The van der Waals surface area contributed by atoms with E-state index in [1.54, 1.807) is 0 Å². The minimum Gasteiger partial charge on any atom is -0.420 e. The van der Waals surface area contributed by atoms with Crippen molar-refractivity contribution in [3.05, 3.63) is 47.7 Å². The second-order valence-electron chi connectivity index (χ2n) is 6.47. The van der Waals surface area contributed by atoms with Crippen LogP contribution < -0.4 is 20.7 Å². The van der Waals surface area contributed by atoms with Gasteiger partial charge in [0, 0.05) is 30.0 Å². The number of ether oxygens (including phenoxy) is 1. The third-order valence-corrected chi connectivity index (χ3v) is 4.56. The average Bonchev–Trinajstić information content (AvgIpc) is 3.00. The molecule has 1 saturated heterocycles. The van der Waals surface area contributed by atoms with Crippen LogP contribution >= 0.6 is 23.8 Å². The van der Waals surface area contributed by atoms with Crippen LogP contribution in [-0.2, 0) is 0 Å². The Labute approximate surface area is 179 Å². The molecule has 160 valence electrons. The second kappa shape index (κ2) is 8.62. The smallest absolute Gasteiger partial charge is 0.420 e. The number of β-amino-alcohol motifs (C(OH)–C–C–N with tert-alkyl or cyclic N) is 1. The summed E-state index contributed by atoms with van der Waals surface area (Å²) in [7, 11) is 0. The first-order valence-electron chi connectivity index (χ1n) is 8.57. The van der Waals surface area contributed by atoms with E-state index in [-0.39, 0.29) is 40.8 Å². The molecular formula is C18H16ClF3N4O3S. The Hall–Kier alpha value is -2.63. The van der Waals surface area contributed by atoms with Gasteiger partial charge in [-0.1, -0.05) is 12.2 Å². The van der Waals surface area contributed by atoms with Crippen LogP contribution in [0.4, 0.5) is 24.7 Å². The Bertz CT molecular complexity index is 949. The molecule has 1 aliphatic rings. The SMILES string of the molecule is NC(=S)c1cc(C(=O)Nc2ccc(OC(F)(F)Cl)cc2)cnc1N1CC(O)C(F)C1. The van der Waals surface area contributed by atoms with Crippen LogP contribution in [0.2, 0.25) is 0 Å². The second-order valence-corrected chi connectivity index (χ2v) is 7.35. The lowest BCUT2D eigenvalue weighted by molar-refractivity contribution is -0.0964. The Morgan fingerprint density at radius 3 is 2.57 bits per heavy atom. The number of nitrogens with one attached hydrogen (secondary N) is 1. The molecule has 1 amide bonds. The van der Waals surface area contributed by atoms with Gasteiger partial charge in [0.25, 0.3) is 5.91 Å². The maximum atomic E-state index is 13.6. The number of halogens is 4. The van der Waals surface area contributed by atoms with Crippen molar-refractivity contribution in [1.82, 2.24) is 4.98 Å². The topological polar surface area (TPSA) is 101 Å². The van der Waals surface area contributed by atoms with Gasteiger partial charge in [-0.05, 0) is 30.3 Å². The van der Waals surface area contributed by atoms with Gasteiger partial charge >= 0.3 is 5.57 Å². The number of hydrogen-bond acceptors (Lipinski definition) is 6. The molecule has 7 nitrogen and oxygen atoms in total. The normalized spacial score (nSPS) is 18.9. The zero-order chi connectivity index (χ0) is 22.1. The number of aliphatic hydroxyl groups excluding tert-OH is 1. The molecule has 2 unspecified atom stereocenters. The fourth-order valence-corrected chi connectivity index (χ4v) is 3.12. The maximum Gasteiger partial charge on any atom is 0.487 e. The third-order valence-electron chi connectivity index (χ3n) is 4.26. The van der Waals surface area contributed by atoms with Crippen molar-refractivity contribution < 1.29 is 27.8 Å². The van der Waals surface area contributed by atoms with Crippen LogP contribution in [0.3, 0.4) is 0 Å². The van der Waals surface area contributed by atoms with Crippen molar-refractivity contribution in [2.24, 2.45) is 5.73 Å². The Kier molecular flexibility index (Phi) is 6.34. The highest BCUT2D eigenvalue weighted by molar-refractivity contribution is 7.80. The standard InChI is InChI=1S/C18H16ClF3N4O3S/c19-18(21,22)29-11-3-1-10(2-4-11)25-17(28)9-5-12(15(23)30)16(24-6-9)26-7-13(20)14(27)8-26/h1-6,13-14,27H,7-8H2,(H2,23,30)(H,25,28). The van der Waals surface area contributed by atoms with Crippen LogP contribution in [0.15, 0.2) is 36.5 Å². The van der Waals surface area contributed by atoms with Crippen molar-refractivity contribution in [3.8, 4) is 5.75 Å². The van der Waals surface area contributed by atoms with E-state index in [1.165, 1.54) is 41.4 Å². The summed E-state index contributed by atoms with van der Waals surface area (Å²) in [5.41, 5.74) is 2.56. The highest BCUT2D eigenvalue weighted by Gasteiger charge is 2.33. The Morgan fingerprint density at radius 2 is 2.03 bits per heavy atom. The van der Waals surface area contributed by atoms with E-state index in [0.717, 1.165) is 0 Å². The molecule has 1 aliphatic heterocycles. The fourth-order valence-electron chi connectivity index (χ4n) is 2.88. The quantitative estimate of drug-likeness (QED) is 0.450. The van der Waals surface area contributed by atoms with Crippen LogP contribution in [-0.4, -0.2) is 51.9 Å². The number of carbonyl (C=O) groups is 1. The van der Waals surface area contributed by atoms with Crippen molar-refractivity contribution in [1.29, 1.82) is 0 Å². The van der Waals surface area contributed by atoms with E-state index >= 15 is 0 Å². The summed E-state index contributed by atoms with van der Waals surface area (Å²) in [6.45, 7) is -0.0593. The lowest BCUT2D eigenvalue weighted by Crippen LogP contribution is -2.27. The van der Waals surface area contributed by atoms with Crippen molar-refractivity contribution in [2.45, 2.75) is 17.8 Å². The number of anilines is 2. The molecule has 0 spiro atoms. The number of hydrogen-bond donors (Lipinski definition) is 3. The molecule has 30 heavy (non-hydrogen) atoms. The van der Waals surface area contributed by atoms with E-state index in [1.807, 2.05) is 0 Å². The first-order chi connectivity index (χ1) is 14.0. The molecule has 0 bridgehead atoms. The summed E-state index contributed by atoms with van der Waals surface area (Å²) in [4.78, 5) is 18.1. The number of thiocarbonyl (C=S) groups is 1. The maximum absolute atomic E-state index is 13.6. The summed E-state index contributed by atoms with van der Waals surface area (Å²) in [5.74, 6) is -0.483. The molecule has 0 aliphatic carbocycles. The molecule has 0 radical (unpaired) electrons. The Balaban J connectivity index is 1.76. The predicted molar refractivity (Wildman–Crippen MR) is 109 cm³/mol. The van der Waals surface area contributed by atoms with Crippen LogP contribution in [0, 0.1) is 0 Å². The molecule has 4 N–H and O–H groups in total. The van der Waals surface area contributed by atoms with Gasteiger partial charge in [-0.2, -0.15) is 0 Å². The van der Waals surface area contributed by atoms with E-state index in [9.17, 15) is 23.1 Å². The molecule has 3 rings (SSSR count). The van der Waals surface area contributed by atoms with Crippen LogP contribution in [0.5, 0.6) is 5.75 Å². The number of rotatable bonds is 6. The van der Waals surface area contributed by atoms with Crippen LogP contribution in [0.1, 0.15) is 15.9 Å². The number of carbonyl (C=O) groups excluding carboxylic acids is 1. The number of alkyl halides is 4. The van der Waals surface area contributed by atoms with Gasteiger partial charge in [0.15, 0.2) is 0 Å². The summed E-state index contributed by atoms with van der Waals surface area (Å²) in [6.07, 6.45) is -1.32. The van der Waals surface area contributed by atoms with Gasteiger partial charge in [-0.15, -0.1) is 8.78 Å². The monoisotopic (exact) mass is 460 g/mol.